The first kappa shape index (κ1) is 7.89. The van der Waals surface area contributed by atoms with Crippen molar-refractivity contribution < 1.29 is 4.74 Å². The van der Waals surface area contributed by atoms with Crippen molar-refractivity contribution in [3.05, 3.63) is 0 Å². The van der Waals surface area contributed by atoms with Crippen LogP contribution in [0.15, 0.2) is 0 Å². The van der Waals surface area contributed by atoms with E-state index >= 15 is 0 Å². The number of ether oxygens (including phenoxy) is 1. The van der Waals surface area contributed by atoms with Gasteiger partial charge in [0.05, 0.1) is 0 Å². The molecule has 0 saturated carbocycles. The van der Waals surface area contributed by atoms with E-state index < -0.39 is 0 Å². The molecule has 0 unspecified atom stereocenters. The number of hydrogen-bond acceptors (Lipinski definition) is 2. The number of thiocarbonyl (C=S) groups is 1. The Bertz CT molecular complexity index is 78.6. The fourth-order valence-electron chi connectivity index (χ4n) is 0.185. The molecule has 0 heterocycles. The second-order valence-corrected chi connectivity index (χ2v) is 2.47. The summed E-state index contributed by atoms with van der Waals surface area (Å²) in [5.41, 5.74) is 2.12. The predicted molar refractivity (Wildman–Crippen MR) is 38.1 cm³/mol. The molecule has 0 rings (SSSR count). The summed E-state index contributed by atoms with van der Waals surface area (Å²) in [5.74, 6) is 0. The Labute approximate surface area is 56.0 Å². The fraction of sp³-hybridized carbons (Fsp3) is 0.833. The summed E-state index contributed by atoms with van der Waals surface area (Å²) in [6, 6.07) is 0. The predicted octanol–water partition coefficient (Wildman–Crippen LogP) is 2.03. The van der Waals surface area contributed by atoms with Crippen molar-refractivity contribution in [1.29, 1.82) is 0 Å². The molecule has 0 fully saturated rings. The fourth-order valence-corrected chi connectivity index (χ4v) is 0.411. The Morgan fingerprint density at radius 2 is 2.12 bits per heavy atom. The van der Waals surface area contributed by atoms with Gasteiger partial charge in [-0.2, -0.15) is 0 Å². The molecule has 0 aliphatic carbocycles. The van der Waals surface area contributed by atoms with E-state index in [-0.39, 0.29) is 5.60 Å². The summed E-state index contributed by atoms with van der Waals surface area (Å²) in [6.07, 6.45) is 0.955. The van der Waals surface area contributed by atoms with Gasteiger partial charge < -0.3 is 4.74 Å². The van der Waals surface area contributed by atoms with Crippen LogP contribution in [0.25, 0.3) is 0 Å². The van der Waals surface area contributed by atoms with Gasteiger partial charge in [0.2, 0.25) is 5.55 Å². The zero-order valence-electron chi connectivity index (χ0n) is 5.52. The Morgan fingerprint density at radius 3 is 2.25 bits per heavy atom. The van der Waals surface area contributed by atoms with E-state index in [1.54, 1.807) is 0 Å². The summed E-state index contributed by atoms with van der Waals surface area (Å²) < 4.78 is 4.94. The molecule has 0 aromatic heterocycles. The third-order valence-corrected chi connectivity index (χ3v) is 1.25. The lowest BCUT2D eigenvalue weighted by atomic mass is 10.1. The maximum absolute atomic E-state index is 4.94. The largest absolute Gasteiger partial charge is 0.474 e. The second-order valence-electron chi connectivity index (χ2n) is 2.30. The van der Waals surface area contributed by atoms with Gasteiger partial charge in [-0.1, -0.05) is 6.92 Å². The smallest absolute Gasteiger partial charge is 0.239 e. The van der Waals surface area contributed by atoms with Crippen LogP contribution in [0.1, 0.15) is 27.2 Å². The van der Waals surface area contributed by atoms with Crippen molar-refractivity contribution in [2.24, 2.45) is 0 Å². The number of rotatable bonds is 3. The van der Waals surface area contributed by atoms with Crippen molar-refractivity contribution in [3.63, 3.8) is 0 Å². The van der Waals surface area contributed by atoms with E-state index in [1.807, 2.05) is 20.8 Å². The van der Waals surface area contributed by atoms with Gasteiger partial charge in [0.15, 0.2) is 0 Å². The van der Waals surface area contributed by atoms with Gasteiger partial charge in [0, 0.05) is 0 Å². The normalized spacial score (nSPS) is 10.9. The zero-order chi connectivity index (χ0) is 6.62. The molecular formula is C6H11OS. The second kappa shape index (κ2) is 3.02. The van der Waals surface area contributed by atoms with Gasteiger partial charge in [-0.05, 0) is 32.5 Å². The standard InChI is InChI=1S/C6H11OS/c1-4-6(2,3)7-5-8/h4H2,1-3H3. The highest BCUT2D eigenvalue weighted by atomic mass is 32.1. The first-order valence-corrected chi connectivity index (χ1v) is 3.08. The molecule has 0 aromatic carbocycles. The minimum absolute atomic E-state index is 0.123. The van der Waals surface area contributed by atoms with Gasteiger partial charge >= 0.3 is 0 Å². The molecule has 0 saturated heterocycles. The molecule has 0 bridgehead atoms. The highest BCUT2D eigenvalue weighted by molar-refractivity contribution is 7.78. The number of hydrogen-bond donors (Lipinski definition) is 0. The van der Waals surface area contributed by atoms with Gasteiger partial charge in [-0.25, -0.2) is 0 Å². The van der Waals surface area contributed by atoms with E-state index in [2.05, 4.69) is 17.8 Å². The first-order valence-electron chi connectivity index (χ1n) is 2.67. The molecule has 1 nitrogen and oxygen atoms in total. The Hall–Kier alpha value is -0.110. The third-order valence-electron chi connectivity index (χ3n) is 1.17. The quantitative estimate of drug-likeness (QED) is 0.542. The molecule has 8 heavy (non-hydrogen) atoms. The maximum Gasteiger partial charge on any atom is 0.239 e. The highest BCUT2D eigenvalue weighted by Crippen LogP contribution is 2.11. The van der Waals surface area contributed by atoms with Crippen molar-refractivity contribution in [3.8, 4) is 0 Å². The highest BCUT2D eigenvalue weighted by Gasteiger charge is 2.13. The average molecular weight is 131 g/mol. The lowest BCUT2D eigenvalue weighted by Gasteiger charge is -2.19. The lowest BCUT2D eigenvalue weighted by molar-refractivity contribution is 0.104. The molecule has 0 N–H and O–H groups in total. The summed E-state index contributed by atoms with van der Waals surface area (Å²) in [7, 11) is 0. The van der Waals surface area contributed by atoms with Crippen LogP contribution in [-0.4, -0.2) is 11.2 Å². The van der Waals surface area contributed by atoms with Crippen LogP contribution in [0, 0.1) is 0 Å². The van der Waals surface area contributed by atoms with E-state index in [1.165, 1.54) is 0 Å². The summed E-state index contributed by atoms with van der Waals surface area (Å²) in [6.45, 7) is 6.01. The molecule has 47 valence electrons. The average Bonchev–Trinajstić information content (AvgIpc) is 1.67. The third kappa shape index (κ3) is 2.97. The van der Waals surface area contributed by atoms with E-state index in [9.17, 15) is 0 Å². The molecule has 0 atom stereocenters. The minimum Gasteiger partial charge on any atom is -0.474 e. The monoisotopic (exact) mass is 131 g/mol. The van der Waals surface area contributed by atoms with Crippen LogP contribution in [0.3, 0.4) is 0 Å². The molecule has 1 radical (unpaired) electrons. The van der Waals surface area contributed by atoms with Crippen LogP contribution < -0.4 is 0 Å². The van der Waals surface area contributed by atoms with Crippen molar-refractivity contribution in [2.75, 3.05) is 0 Å². The van der Waals surface area contributed by atoms with E-state index in [0.717, 1.165) is 6.42 Å². The molecule has 0 aliphatic rings. The van der Waals surface area contributed by atoms with E-state index in [0.29, 0.717) is 0 Å². The summed E-state index contributed by atoms with van der Waals surface area (Å²) >= 11 is 4.39. The Balaban J connectivity index is 3.53. The van der Waals surface area contributed by atoms with E-state index in [4.69, 9.17) is 4.74 Å². The Morgan fingerprint density at radius 1 is 1.62 bits per heavy atom. The van der Waals surface area contributed by atoms with Crippen LogP contribution >= 0.6 is 12.2 Å². The molecule has 2 heteroatoms. The van der Waals surface area contributed by atoms with Crippen LogP contribution in [0.4, 0.5) is 0 Å². The summed E-state index contributed by atoms with van der Waals surface area (Å²) in [5, 5.41) is 0. The molecule has 0 amide bonds. The van der Waals surface area contributed by atoms with Gasteiger partial charge in [0.25, 0.3) is 0 Å². The first-order chi connectivity index (χ1) is 3.62. The summed E-state index contributed by atoms with van der Waals surface area (Å²) in [4.78, 5) is 0. The van der Waals surface area contributed by atoms with Gasteiger partial charge in [-0.3, -0.25) is 0 Å². The molecule has 0 aromatic rings. The van der Waals surface area contributed by atoms with Crippen molar-refractivity contribution >= 4 is 17.8 Å². The molecule has 0 aliphatic heterocycles. The van der Waals surface area contributed by atoms with Gasteiger partial charge in [0.1, 0.15) is 5.60 Å². The van der Waals surface area contributed by atoms with Crippen LogP contribution in [0.2, 0.25) is 0 Å². The molecule has 0 spiro atoms. The lowest BCUT2D eigenvalue weighted by Crippen LogP contribution is -2.21. The maximum atomic E-state index is 4.94. The van der Waals surface area contributed by atoms with Crippen molar-refractivity contribution in [1.82, 2.24) is 0 Å². The van der Waals surface area contributed by atoms with Crippen molar-refractivity contribution in [2.45, 2.75) is 32.8 Å². The Kier molecular flexibility index (Phi) is 2.98. The van der Waals surface area contributed by atoms with Crippen LogP contribution in [0.5, 0.6) is 0 Å². The topological polar surface area (TPSA) is 9.23 Å². The molecular weight excluding hydrogens is 120 g/mol. The zero-order valence-corrected chi connectivity index (χ0v) is 6.34. The van der Waals surface area contributed by atoms with Crippen LogP contribution in [-0.2, 0) is 4.74 Å². The minimum atomic E-state index is -0.123. The SMILES string of the molecule is CCC(C)(C)O[C]=S. The van der Waals surface area contributed by atoms with Gasteiger partial charge in [-0.15, -0.1) is 0 Å².